The van der Waals surface area contributed by atoms with Crippen LogP contribution >= 0.6 is 0 Å². The van der Waals surface area contributed by atoms with E-state index < -0.39 is 0 Å². The Balaban J connectivity index is 1.72. The van der Waals surface area contributed by atoms with Gasteiger partial charge in [0.1, 0.15) is 0 Å². The van der Waals surface area contributed by atoms with E-state index in [0.29, 0.717) is 19.0 Å². The molecule has 0 saturated heterocycles. The Kier molecular flexibility index (Phi) is 2.78. The van der Waals surface area contributed by atoms with Gasteiger partial charge in [-0.05, 0) is 25.8 Å². The van der Waals surface area contributed by atoms with Crippen LogP contribution in [0.15, 0.2) is 24.3 Å². The van der Waals surface area contributed by atoms with Gasteiger partial charge in [0.2, 0.25) is 5.91 Å². The fourth-order valence-corrected chi connectivity index (χ4v) is 2.20. The van der Waals surface area contributed by atoms with Gasteiger partial charge in [-0.1, -0.05) is 18.2 Å². The lowest BCUT2D eigenvalue weighted by Crippen LogP contribution is -2.26. The second-order valence-electron chi connectivity index (χ2n) is 4.92. The van der Waals surface area contributed by atoms with E-state index >= 15 is 0 Å². The lowest BCUT2D eigenvalue weighted by molar-refractivity contribution is -0.121. The molecule has 0 radical (unpaired) electrons. The van der Waals surface area contributed by atoms with Gasteiger partial charge < -0.3 is 5.32 Å². The summed E-state index contributed by atoms with van der Waals surface area (Å²) >= 11 is 0. The van der Waals surface area contributed by atoms with Crippen LogP contribution in [-0.2, 0) is 11.3 Å². The molecular formula is C14H17N3O. The maximum atomic E-state index is 11.7. The Hall–Kier alpha value is -1.84. The van der Waals surface area contributed by atoms with Crippen LogP contribution in [0.2, 0.25) is 0 Å². The number of nitrogens with zero attached hydrogens (tertiary/aromatic N) is 2. The average Bonchev–Trinajstić information content (AvgIpc) is 3.12. The quantitative estimate of drug-likeness (QED) is 0.893. The van der Waals surface area contributed by atoms with Gasteiger partial charge in [0.15, 0.2) is 0 Å². The van der Waals surface area contributed by atoms with Crippen molar-refractivity contribution in [1.29, 1.82) is 0 Å². The van der Waals surface area contributed by atoms with Crippen LogP contribution in [0.5, 0.6) is 0 Å². The summed E-state index contributed by atoms with van der Waals surface area (Å²) in [6, 6.07) is 8.58. The summed E-state index contributed by atoms with van der Waals surface area (Å²) in [6.45, 7) is 2.65. The molecule has 0 aliphatic heterocycles. The van der Waals surface area contributed by atoms with Gasteiger partial charge in [-0.25, -0.2) is 0 Å². The number of carbonyl (C=O) groups is 1. The summed E-state index contributed by atoms with van der Waals surface area (Å²) in [5.41, 5.74) is 2.13. The molecule has 2 aromatic rings. The Morgan fingerprint density at radius 1 is 1.44 bits per heavy atom. The molecule has 0 spiro atoms. The molecule has 1 aliphatic carbocycles. The van der Waals surface area contributed by atoms with Gasteiger partial charge in [-0.2, -0.15) is 5.10 Å². The molecule has 18 heavy (non-hydrogen) atoms. The summed E-state index contributed by atoms with van der Waals surface area (Å²) in [6.07, 6.45) is 2.77. The molecule has 94 valence electrons. The first-order chi connectivity index (χ1) is 8.74. The molecule has 1 fully saturated rings. The third kappa shape index (κ3) is 2.23. The number of rotatable bonds is 4. The van der Waals surface area contributed by atoms with Crippen LogP contribution in [0.3, 0.4) is 0 Å². The van der Waals surface area contributed by atoms with Crippen molar-refractivity contribution in [3.63, 3.8) is 0 Å². The predicted octanol–water partition coefficient (Wildman–Crippen LogP) is 2.01. The number of hydrogen-bond donors (Lipinski definition) is 1. The van der Waals surface area contributed by atoms with Crippen LogP contribution in [0, 0.1) is 6.92 Å². The molecule has 4 nitrogen and oxygen atoms in total. The summed E-state index contributed by atoms with van der Waals surface area (Å²) in [4.78, 5) is 11.7. The minimum absolute atomic E-state index is 0.134. The van der Waals surface area contributed by atoms with Crippen molar-refractivity contribution in [2.45, 2.75) is 38.8 Å². The van der Waals surface area contributed by atoms with Crippen molar-refractivity contribution in [3.8, 4) is 0 Å². The maximum absolute atomic E-state index is 11.7. The number of amides is 1. The van der Waals surface area contributed by atoms with Gasteiger partial charge in [-0.3, -0.25) is 9.48 Å². The molecule has 0 bridgehead atoms. The third-order valence-electron chi connectivity index (χ3n) is 3.34. The molecule has 1 amide bonds. The molecular weight excluding hydrogens is 226 g/mol. The van der Waals surface area contributed by atoms with Crippen LogP contribution in [0.25, 0.3) is 10.9 Å². The SMILES string of the molecule is Cc1nn(CCC(=O)NC2CC2)c2ccccc12. The first kappa shape index (κ1) is 11.3. The largest absolute Gasteiger partial charge is 0.353 e. The molecule has 1 aromatic carbocycles. The van der Waals surface area contributed by atoms with E-state index in [1.807, 2.05) is 29.8 Å². The normalized spacial score (nSPS) is 14.9. The highest BCUT2D eigenvalue weighted by Gasteiger charge is 2.23. The number of hydrogen-bond acceptors (Lipinski definition) is 2. The van der Waals surface area contributed by atoms with Crippen LogP contribution in [0.4, 0.5) is 0 Å². The summed E-state index contributed by atoms with van der Waals surface area (Å²) in [5.74, 6) is 0.134. The Morgan fingerprint density at radius 3 is 3.00 bits per heavy atom. The number of benzene rings is 1. The topological polar surface area (TPSA) is 46.9 Å². The van der Waals surface area contributed by atoms with E-state index in [-0.39, 0.29) is 5.91 Å². The van der Waals surface area contributed by atoms with Crippen LogP contribution in [0.1, 0.15) is 25.0 Å². The molecule has 1 heterocycles. The number of aromatic nitrogens is 2. The Bertz CT molecular complexity index is 584. The third-order valence-corrected chi connectivity index (χ3v) is 3.34. The molecule has 1 aromatic heterocycles. The van der Waals surface area contributed by atoms with E-state index in [1.54, 1.807) is 0 Å². The predicted molar refractivity (Wildman–Crippen MR) is 70.3 cm³/mol. The van der Waals surface area contributed by atoms with Crippen molar-refractivity contribution in [1.82, 2.24) is 15.1 Å². The highest BCUT2D eigenvalue weighted by atomic mass is 16.1. The highest BCUT2D eigenvalue weighted by molar-refractivity contribution is 5.82. The van der Waals surface area contributed by atoms with Gasteiger partial charge in [0.25, 0.3) is 0 Å². The van der Waals surface area contributed by atoms with Gasteiger partial charge in [-0.15, -0.1) is 0 Å². The minimum atomic E-state index is 0.134. The zero-order valence-electron chi connectivity index (χ0n) is 10.5. The van der Waals surface area contributed by atoms with Crippen LogP contribution in [-0.4, -0.2) is 21.7 Å². The standard InChI is InChI=1S/C14H17N3O/c1-10-12-4-2-3-5-13(12)17(16-10)9-8-14(18)15-11-6-7-11/h2-5,11H,6-9H2,1H3,(H,15,18). The smallest absolute Gasteiger partial charge is 0.222 e. The number of fused-ring (bicyclic) bond motifs is 1. The van der Waals surface area contributed by atoms with Gasteiger partial charge in [0, 0.05) is 17.8 Å². The number of carbonyl (C=O) groups excluding carboxylic acids is 1. The second kappa shape index (κ2) is 4.44. The molecule has 0 unspecified atom stereocenters. The lowest BCUT2D eigenvalue weighted by atomic mass is 10.2. The zero-order chi connectivity index (χ0) is 12.5. The van der Waals surface area contributed by atoms with Gasteiger partial charge >= 0.3 is 0 Å². The maximum Gasteiger partial charge on any atom is 0.222 e. The van der Waals surface area contributed by atoms with E-state index in [0.717, 1.165) is 24.1 Å². The Labute approximate surface area is 106 Å². The van der Waals surface area contributed by atoms with Crippen molar-refractivity contribution in [2.75, 3.05) is 0 Å². The molecule has 1 N–H and O–H groups in total. The lowest BCUT2D eigenvalue weighted by Gasteiger charge is -2.04. The molecule has 1 aliphatic rings. The minimum Gasteiger partial charge on any atom is -0.353 e. The molecule has 0 atom stereocenters. The number of para-hydroxylation sites is 1. The summed E-state index contributed by atoms with van der Waals surface area (Å²) in [5, 5.41) is 8.66. The van der Waals surface area contributed by atoms with E-state index in [2.05, 4.69) is 16.5 Å². The first-order valence-electron chi connectivity index (χ1n) is 6.45. The summed E-state index contributed by atoms with van der Waals surface area (Å²) in [7, 11) is 0. The van der Waals surface area contributed by atoms with Crippen molar-refractivity contribution < 1.29 is 4.79 Å². The molecule has 1 saturated carbocycles. The Morgan fingerprint density at radius 2 is 2.22 bits per heavy atom. The van der Waals surface area contributed by atoms with Crippen molar-refractivity contribution in [3.05, 3.63) is 30.0 Å². The number of nitrogens with one attached hydrogen (secondary N) is 1. The van der Waals surface area contributed by atoms with Crippen molar-refractivity contribution >= 4 is 16.8 Å². The fourth-order valence-electron chi connectivity index (χ4n) is 2.20. The van der Waals surface area contributed by atoms with E-state index in [4.69, 9.17) is 0 Å². The highest BCUT2D eigenvalue weighted by Crippen LogP contribution is 2.19. The van der Waals surface area contributed by atoms with Crippen molar-refractivity contribution in [2.24, 2.45) is 0 Å². The van der Waals surface area contributed by atoms with E-state index in [1.165, 1.54) is 5.39 Å². The molecule has 4 heteroatoms. The van der Waals surface area contributed by atoms with E-state index in [9.17, 15) is 4.79 Å². The second-order valence-corrected chi connectivity index (χ2v) is 4.92. The first-order valence-corrected chi connectivity index (χ1v) is 6.45. The van der Waals surface area contributed by atoms with Crippen LogP contribution < -0.4 is 5.32 Å². The zero-order valence-corrected chi connectivity index (χ0v) is 10.5. The molecule has 3 rings (SSSR count). The monoisotopic (exact) mass is 243 g/mol. The fraction of sp³-hybridized carbons (Fsp3) is 0.429. The number of aryl methyl sites for hydroxylation is 2. The average molecular weight is 243 g/mol. The summed E-state index contributed by atoms with van der Waals surface area (Å²) < 4.78 is 1.93. The van der Waals surface area contributed by atoms with Gasteiger partial charge in [0.05, 0.1) is 17.8 Å².